The summed E-state index contributed by atoms with van der Waals surface area (Å²) < 4.78 is 10.3. The Hall–Kier alpha value is -2.45. The summed E-state index contributed by atoms with van der Waals surface area (Å²) in [6.07, 6.45) is 6.47. The van der Waals surface area contributed by atoms with E-state index in [1.165, 1.54) is 17.7 Å². The molecular weight excluding hydrogens is 432 g/mol. The van der Waals surface area contributed by atoms with Gasteiger partial charge in [-0.2, -0.15) is 0 Å². The van der Waals surface area contributed by atoms with Crippen molar-refractivity contribution >= 4 is 51.3 Å². The second kappa shape index (κ2) is 11.2. The molecule has 1 aromatic heterocycles. The summed E-state index contributed by atoms with van der Waals surface area (Å²) in [7, 11) is 0. The molecule has 1 aromatic carbocycles. The highest BCUT2D eigenvalue weighted by atomic mass is 32.1. The summed E-state index contributed by atoms with van der Waals surface area (Å²) in [5.41, 5.74) is 2.94. The minimum absolute atomic E-state index is 0.301. The van der Waals surface area contributed by atoms with Crippen molar-refractivity contribution in [1.82, 2.24) is 0 Å². The largest absolute Gasteiger partial charge is 0.462 e. The van der Waals surface area contributed by atoms with Crippen molar-refractivity contribution in [3.05, 3.63) is 45.8 Å². The molecule has 0 bridgehead atoms. The van der Waals surface area contributed by atoms with Crippen LogP contribution >= 0.6 is 23.6 Å². The molecule has 2 N–H and O–H groups in total. The predicted octanol–water partition coefficient (Wildman–Crippen LogP) is 5.57. The second-order valence-electron chi connectivity index (χ2n) is 7.22. The molecule has 0 fully saturated rings. The Morgan fingerprint density at radius 2 is 1.58 bits per heavy atom. The van der Waals surface area contributed by atoms with E-state index in [0.717, 1.165) is 41.9 Å². The number of benzene rings is 1. The highest BCUT2D eigenvalue weighted by molar-refractivity contribution is 7.80. The molecule has 0 spiro atoms. The number of hydrogen-bond donors (Lipinski definition) is 2. The van der Waals surface area contributed by atoms with Gasteiger partial charge in [-0.1, -0.05) is 12.8 Å². The standard InChI is InChI=1S/C23H28N2O4S2/c1-3-28-21(26)15-11-13-16(14-12-15)24-23(30)25-20-19(22(27)29-4-2)17-9-7-5-6-8-10-18(17)31-20/h11-14H,3-10H2,1-2H3,(H2,24,25,30). The van der Waals surface area contributed by atoms with Crippen molar-refractivity contribution in [2.45, 2.75) is 52.4 Å². The van der Waals surface area contributed by atoms with Crippen LogP contribution in [0.25, 0.3) is 0 Å². The number of thiocarbonyl (C=S) groups is 1. The maximum Gasteiger partial charge on any atom is 0.341 e. The number of thiophene rings is 1. The van der Waals surface area contributed by atoms with Crippen LogP contribution in [-0.4, -0.2) is 30.3 Å². The molecule has 0 amide bonds. The number of aryl methyl sites for hydroxylation is 1. The predicted molar refractivity (Wildman–Crippen MR) is 128 cm³/mol. The molecular formula is C23H28N2O4S2. The molecule has 0 atom stereocenters. The van der Waals surface area contributed by atoms with E-state index in [0.29, 0.717) is 29.5 Å². The number of rotatable bonds is 6. The van der Waals surface area contributed by atoms with Crippen LogP contribution in [0, 0.1) is 0 Å². The second-order valence-corrected chi connectivity index (χ2v) is 8.73. The van der Waals surface area contributed by atoms with Crippen LogP contribution in [-0.2, 0) is 22.3 Å². The van der Waals surface area contributed by atoms with Crippen molar-refractivity contribution < 1.29 is 19.1 Å². The molecule has 31 heavy (non-hydrogen) atoms. The zero-order valence-electron chi connectivity index (χ0n) is 17.9. The molecule has 0 aliphatic heterocycles. The third kappa shape index (κ3) is 6.04. The first kappa shape index (κ1) is 23.2. The quantitative estimate of drug-likeness (QED) is 0.431. The van der Waals surface area contributed by atoms with Gasteiger partial charge in [0.25, 0.3) is 0 Å². The lowest BCUT2D eigenvalue weighted by molar-refractivity contribution is 0.0517. The first-order valence-corrected chi connectivity index (χ1v) is 11.9. The molecule has 2 aromatic rings. The third-order valence-electron chi connectivity index (χ3n) is 5.03. The Bertz CT molecular complexity index is 938. The van der Waals surface area contributed by atoms with E-state index in [-0.39, 0.29) is 11.9 Å². The molecule has 1 aliphatic rings. The van der Waals surface area contributed by atoms with Crippen molar-refractivity contribution in [3.8, 4) is 0 Å². The van der Waals surface area contributed by atoms with Gasteiger partial charge in [0.1, 0.15) is 5.00 Å². The average Bonchev–Trinajstić information content (AvgIpc) is 3.04. The number of carbonyl (C=O) groups is 2. The van der Waals surface area contributed by atoms with Crippen LogP contribution in [0.4, 0.5) is 10.7 Å². The lowest BCUT2D eigenvalue weighted by Crippen LogP contribution is -2.20. The van der Waals surface area contributed by atoms with Gasteiger partial charge >= 0.3 is 11.9 Å². The van der Waals surface area contributed by atoms with Crippen LogP contribution in [0.5, 0.6) is 0 Å². The van der Waals surface area contributed by atoms with Crippen LogP contribution in [0.15, 0.2) is 24.3 Å². The summed E-state index contributed by atoms with van der Waals surface area (Å²) in [6, 6.07) is 6.90. The SMILES string of the molecule is CCOC(=O)c1ccc(NC(=S)Nc2sc3c(c2C(=O)OCC)CCCCCC3)cc1. The number of ether oxygens (including phenoxy) is 2. The van der Waals surface area contributed by atoms with Gasteiger partial charge in [-0.15, -0.1) is 11.3 Å². The molecule has 0 saturated heterocycles. The van der Waals surface area contributed by atoms with Gasteiger partial charge in [-0.3, -0.25) is 0 Å². The van der Waals surface area contributed by atoms with Crippen molar-refractivity contribution in [2.24, 2.45) is 0 Å². The normalized spacial score (nSPS) is 13.4. The lowest BCUT2D eigenvalue weighted by atomic mass is 9.96. The van der Waals surface area contributed by atoms with Crippen molar-refractivity contribution in [3.63, 3.8) is 0 Å². The van der Waals surface area contributed by atoms with Crippen LogP contribution in [0.1, 0.15) is 70.7 Å². The Labute approximate surface area is 192 Å². The van der Waals surface area contributed by atoms with Gasteiger partial charge in [0, 0.05) is 10.6 Å². The van der Waals surface area contributed by atoms with Gasteiger partial charge in [0.2, 0.25) is 0 Å². The van der Waals surface area contributed by atoms with Crippen LogP contribution < -0.4 is 10.6 Å². The molecule has 166 valence electrons. The fourth-order valence-corrected chi connectivity index (χ4v) is 5.16. The molecule has 1 heterocycles. The maximum absolute atomic E-state index is 12.7. The third-order valence-corrected chi connectivity index (χ3v) is 6.44. The number of anilines is 2. The summed E-state index contributed by atoms with van der Waals surface area (Å²) in [4.78, 5) is 25.8. The molecule has 0 radical (unpaired) electrons. The summed E-state index contributed by atoms with van der Waals surface area (Å²) >= 11 is 7.08. The molecule has 0 saturated carbocycles. The lowest BCUT2D eigenvalue weighted by Gasteiger charge is -2.13. The van der Waals surface area contributed by atoms with Crippen molar-refractivity contribution in [2.75, 3.05) is 23.8 Å². The zero-order chi connectivity index (χ0) is 22.2. The molecule has 1 aliphatic carbocycles. The fraction of sp³-hybridized carbons (Fsp3) is 0.435. The Morgan fingerprint density at radius 3 is 2.26 bits per heavy atom. The summed E-state index contributed by atoms with van der Waals surface area (Å²) in [5.74, 6) is -0.658. The minimum atomic E-state index is -0.357. The van der Waals surface area contributed by atoms with Crippen molar-refractivity contribution in [1.29, 1.82) is 0 Å². The number of fused-ring (bicyclic) bond motifs is 1. The van der Waals surface area contributed by atoms with Gasteiger partial charge in [0.15, 0.2) is 5.11 Å². The maximum atomic E-state index is 12.7. The smallest absolute Gasteiger partial charge is 0.341 e. The Kier molecular flexibility index (Phi) is 8.43. The molecule has 3 rings (SSSR count). The number of hydrogen-bond acceptors (Lipinski definition) is 6. The van der Waals surface area contributed by atoms with Crippen LogP contribution in [0.3, 0.4) is 0 Å². The number of nitrogens with one attached hydrogen (secondary N) is 2. The van der Waals surface area contributed by atoms with Gasteiger partial charge < -0.3 is 20.1 Å². The molecule has 8 heteroatoms. The molecule has 6 nitrogen and oxygen atoms in total. The van der Waals surface area contributed by atoms with E-state index in [4.69, 9.17) is 21.7 Å². The monoisotopic (exact) mass is 460 g/mol. The first-order chi connectivity index (χ1) is 15.0. The zero-order valence-corrected chi connectivity index (χ0v) is 19.5. The van der Waals surface area contributed by atoms with Gasteiger partial charge in [0.05, 0.1) is 24.3 Å². The van der Waals surface area contributed by atoms with E-state index < -0.39 is 0 Å². The number of carbonyl (C=O) groups excluding carboxylic acids is 2. The Morgan fingerprint density at radius 1 is 0.935 bits per heavy atom. The summed E-state index contributed by atoms with van der Waals surface area (Å²) in [6.45, 7) is 4.25. The van der Waals surface area contributed by atoms with E-state index in [9.17, 15) is 9.59 Å². The fourth-order valence-electron chi connectivity index (χ4n) is 3.60. The Balaban J connectivity index is 1.76. The van der Waals surface area contributed by atoms with E-state index in [2.05, 4.69) is 10.6 Å². The minimum Gasteiger partial charge on any atom is -0.462 e. The topological polar surface area (TPSA) is 76.7 Å². The van der Waals surface area contributed by atoms with E-state index in [1.54, 1.807) is 42.5 Å². The average molecular weight is 461 g/mol. The van der Waals surface area contributed by atoms with E-state index >= 15 is 0 Å². The highest BCUT2D eigenvalue weighted by Gasteiger charge is 2.25. The summed E-state index contributed by atoms with van der Waals surface area (Å²) in [5, 5.41) is 7.42. The molecule has 0 unspecified atom stereocenters. The number of esters is 2. The first-order valence-electron chi connectivity index (χ1n) is 10.7. The van der Waals surface area contributed by atoms with Crippen LogP contribution in [0.2, 0.25) is 0 Å². The van der Waals surface area contributed by atoms with Gasteiger partial charge in [-0.25, -0.2) is 9.59 Å². The van der Waals surface area contributed by atoms with E-state index in [1.807, 2.05) is 6.92 Å². The highest BCUT2D eigenvalue weighted by Crippen LogP contribution is 2.37. The van der Waals surface area contributed by atoms with Gasteiger partial charge in [-0.05, 0) is 81.6 Å².